The van der Waals surface area contributed by atoms with Crippen LogP contribution in [0.4, 0.5) is 5.13 Å². The molecule has 0 spiro atoms. The quantitative estimate of drug-likeness (QED) is 0.774. The zero-order valence-corrected chi connectivity index (χ0v) is 9.04. The molecule has 0 saturated heterocycles. The summed E-state index contributed by atoms with van der Waals surface area (Å²) in [7, 11) is 1.65. The predicted octanol–water partition coefficient (Wildman–Crippen LogP) is 0.757. The number of hydrogen-bond donors (Lipinski definition) is 2. The first-order valence-electron chi connectivity index (χ1n) is 4.59. The maximum Gasteiger partial charge on any atom is 0.202 e. The lowest BCUT2D eigenvalue weighted by Gasteiger charge is -2.02. The third-order valence-corrected chi connectivity index (χ3v) is 2.97. The van der Waals surface area contributed by atoms with Crippen LogP contribution in [0, 0.1) is 0 Å². The summed E-state index contributed by atoms with van der Waals surface area (Å²) in [6, 6.07) is 0.663. The van der Waals surface area contributed by atoms with E-state index < -0.39 is 0 Å². The summed E-state index contributed by atoms with van der Waals surface area (Å²) < 4.78 is 9.32. The van der Waals surface area contributed by atoms with Gasteiger partial charge in [0.15, 0.2) is 5.82 Å². The summed E-state index contributed by atoms with van der Waals surface area (Å²) in [6.45, 7) is 1.93. The molecule has 1 fully saturated rings. The highest BCUT2D eigenvalue weighted by atomic mass is 32.1. The maximum absolute atomic E-state index is 5.68. The van der Waals surface area contributed by atoms with E-state index in [1.165, 1.54) is 11.5 Å². The van der Waals surface area contributed by atoms with E-state index in [0.29, 0.717) is 6.04 Å². The van der Waals surface area contributed by atoms with E-state index >= 15 is 0 Å². The molecule has 3 N–H and O–H groups in total. The van der Waals surface area contributed by atoms with Gasteiger partial charge < -0.3 is 15.8 Å². The predicted molar refractivity (Wildman–Crippen MR) is 55.3 cm³/mol. The molecule has 3 atom stereocenters. The average molecular weight is 214 g/mol. The van der Waals surface area contributed by atoms with E-state index in [-0.39, 0.29) is 12.1 Å². The van der Waals surface area contributed by atoms with E-state index in [9.17, 15) is 0 Å². The zero-order valence-electron chi connectivity index (χ0n) is 8.23. The van der Waals surface area contributed by atoms with Gasteiger partial charge >= 0.3 is 0 Å². The highest BCUT2D eigenvalue weighted by molar-refractivity contribution is 7.09. The Morgan fingerprint density at radius 1 is 1.71 bits per heavy atom. The van der Waals surface area contributed by atoms with Gasteiger partial charge in [-0.2, -0.15) is 4.37 Å². The first-order valence-corrected chi connectivity index (χ1v) is 5.36. The Labute approximate surface area is 86.8 Å². The van der Waals surface area contributed by atoms with Crippen molar-refractivity contribution in [3.05, 3.63) is 5.82 Å². The lowest BCUT2D eigenvalue weighted by atomic mass is 10.4. The molecule has 1 heterocycles. The Morgan fingerprint density at radius 2 is 2.43 bits per heavy atom. The van der Waals surface area contributed by atoms with Crippen LogP contribution in [-0.4, -0.2) is 28.6 Å². The Hall–Kier alpha value is -0.720. The van der Waals surface area contributed by atoms with Crippen LogP contribution in [0.1, 0.15) is 25.3 Å². The first-order chi connectivity index (χ1) is 6.70. The molecule has 5 nitrogen and oxygen atoms in total. The van der Waals surface area contributed by atoms with E-state index in [2.05, 4.69) is 14.7 Å². The van der Waals surface area contributed by atoms with Crippen LogP contribution in [-0.2, 0) is 4.74 Å². The van der Waals surface area contributed by atoms with Crippen LogP contribution in [0.2, 0.25) is 0 Å². The highest BCUT2D eigenvalue weighted by Gasteiger charge is 2.34. The Bertz CT molecular complexity index is 316. The summed E-state index contributed by atoms with van der Waals surface area (Å²) in [5.74, 6) is 0.731. The van der Waals surface area contributed by atoms with Gasteiger partial charge in [0.1, 0.15) is 6.10 Å². The van der Waals surface area contributed by atoms with Crippen LogP contribution in [0.3, 0.4) is 0 Å². The largest absolute Gasteiger partial charge is 0.374 e. The fourth-order valence-electron chi connectivity index (χ4n) is 1.10. The molecule has 78 valence electrons. The number of ether oxygens (including phenoxy) is 1. The minimum Gasteiger partial charge on any atom is -0.374 e. The summed E-state index contributed by atoms with van der Waals surface area (Å²) in [4.78, 5) is 4.31. The molecule has 0 radical (unpaired) electrons. The summed E-state index contributed by atoms with van der Waals surface area (Å²) >= 11 is 1.36. The van der Waals surface area contributed by atoms with E-state index in [4.69, 9.17) is 10.5 Å². The minimum absolute atomic E-state index is 0.0466. The molecule has 1 aliphatic carbocycles. The number of nitrogens with one attached hydrogen (secondary N) is 1. The molecule has 3 unspecified atom stereocenters. The Kier molecular flexibility index (Phi) is 2.66. The molecule has 0 aliphatic heterocycles. The smallest absolute Gasteiger partial charge is 0.202 e. The molecule has 1 aromatic rings. The summed E-state index contributed by atoms with van der Waals surface area (Å²) in [6.07, 6.45) is 0.976. The van der Waals surface area contributed by atoms with Crippen molar-refractivity contribution in [2.75, 3.05) is 12.4 Å². The van der Waals surface area contributed by atoms with E-state index in [0.717, 1.165) is 17.4 Å². The normalized spacial score (nSPS) is 27.4. The van der Waals surface area contributed by atoms with Crippen molar-refractivity contribution in [2.24, 2.45) is 5.73 Å². The molecule has 0 amide bonds. The van der Waals surface area contributed by atoms with Crippen LogP contribution in [0.25, 0.3) is 0 Å². The molecule has 6 heteroatoms. The van der Waals surface area contributed by atoms with Gasteiger partial charge in [-0.3, -0.25) is 0 Å². The number of rotatable bonds is 4. The van der Waals surface area contributed by atoms with E-state index in [1.807, 2.05) is 6.92 Å². The van der Waals surface area contributed by atoms with Crippen molar-refractivity contribution in [1.82, 2.24) is 9.36 Å². The second-order valence-electron chi connectivity index (χ2n) is 3.49. The van der Waals surface area contributed by atoms with Crippen molar-refractivity contribution < 1.29 is 4.74 Å². The minimum atomic E-state index is -0.0466. The lowest BCUT2D eigenvalue weighted by Crippen LogP contribution is -2.13. The van der Waals surface area contributed by atoms with Gasteiger partial charge in [0.2, 0.25) is 5.13 Å². The van der Waals surface area contributed by atoms with Gasteiger partial charge in [-0.1, -0.05) is 0 Å². The lowest BCUT2D eigenvalue weighted by molar-refractivity contribution is 0.113. The molecule has 1 aliphatic rings. The SMILES string of the molecule is COC(C)c1nsc(NC2CC2N)n1. The average Bonchev–Trinajstić information content (AvgIpc) is 2.68. The first kappa shape index (κ1) is 9.82. The molecular formula is C8H14N4OS. The second-order valence-corrected chi connectivity index (χ2v) is 4.24. The monoisotopic (exact) mass is 214 g/mol. The molecule has 2 rings (SSSR count). The Balaban J connectivity index is 1.95. The number of nitrogens with two attached hydrogens (primary N) is 1. The van der Waals surface area contributed by atoms with Gasteiger partial charge in [-0.05, 0) is 13.3 Å². The van der Waals surface area contributed by atoms with Crippen molar-refractivity contribution in [2.45, 2.75) is 31.5 Å². The number of methoxy groups -OCH3 is 1. The van der Waals surface area contributed by atoms with Crippen LogP contribution in [0.15, 0.2) is 0 Å². The number of nitrogens with zero attached hydrogens (tertiary/aromatic N) is 2. The van der Waals surface area contributed by atoms with Crippen molar-refractivity contribution in [3.63, 3.8) is 0 Å². The van der Waals surface area contributed by atoms with Gasteiger partial charge in [0, 0.05) is 30.7 Å². The topological polar surface area (TPSA) is 73.1 Å². The fourth-order valence-corrected chi connectivity index (χ4v) is 1.81. The van der Waals surface area contributed by atoms with Crippen LogP contribution >= 0.6 is 11.5 Å². The highest BCUT2D eigenvalue weighted by Crippen LogP contribution is 2.26. The van der Waals surface area contributed by atoms with Gasteiger partial charge in [0.25, 0.3) is 0 Å². The third-order valence-electron chi connectivity index (χ3n) is 2.31. The zero-order chi connectivity index (χ0) is 10.1. The fraction of sp³-hybridized carbons (Fsp3) is 0.750. The van der Waals surface area contributed by atoms with Gasteiger partial charge in [0.05, 0.1) is 0 Å². The Morgan fingerprint density at radius 3 is 3.00 bits per heavy atom. The van der Waals surface area contributed by atoms with Crippen LogP contribution < -0.4 is 11.1 Å². The molecule has 1 aromatic heterocycles. The van der Waals surface area contributed by atoms with Crippen LogP contribution in [0.5, 0.6) is 0 Å². The molecule has 1 saturated carbocycles. The summed E-state index contributed by atoms with van der Waals surface area (Å²) in [5.41, 5.74) is 5.68. The number of hydrogen-bond acceptors (Lipinski definition) is 6. The molecule has 0 bridgehead atoms. The summed E-state index contributed by atoms with van der Waals surface area (Å²) in [5, 5.41) is 4.06. The van der Waals surface area contributed by atoms with Crippen molar-refractivity contribution in [3.8, 4) is 0 Å². The van der Waals surface area contributed by atoms with Gasteiger partial charge in [-0.25, -0.2) is 4.98 Å². The molecule has 0 aromatic carbocycles. The second kappa shape index (κ2) is 3.80. The molecule has 14 heavy (non-hydrogen) atoms. The number of anilines is 1. The third kappa shape index (κ3) is 2.02. The van der Waals surface area contributed by atoms with Gasteiger partial charge in [-0.15, -0.1) is 0 Å². The van der Waals surface area contributed by atoms with Crippen molar-refractivity contribution in [1.29, 1.82) is 0 Å². The standard InChI is InChI=1S/C8H14N4OS/c1-4(13-2)7-11-8(14-12-7)10-6-3-5(6)9/h4-6H,3,9H2,1-2H3,(H,10,11,12). The van der Waals surface area contributed by atoms with Crippen molar-refractivity contribution >= 4 is 16.7 Å². The number of aromatic nitrogens is 2. The van der Waals surface area contributed by atoms with E-state index in [1.54, 1.807) is 7.11 Å². The maximum atomic E-state index is 5.68. The molecular weight excluding hydrogens is 200 g/mol.